The fourth-order valence-electron chi connectivity index (χ4n) is 4.19. The first-order valence-electron chi connectivity index (χ1n) is 11.0. The van der Waals surface area contributed by atoms with Crippen molar-refractivity contribution in [3.8, 4) is 11.3 Å². The molecule has 1 aliphatic heterocycles. The molecule has 3 N–H and O–H groups in total. The van der Waals surface area contributed by atoms with E-state index in [1.807, 2.05) is 36.6 Å². The molecule has 1 fully saturated rings. The number of amides is 3. The molecule has 0 radical (unpaired) electrons. The maximum atomic E-state index is 12.4. The van der Waals surface area contributed by atoms with E-state index in [1.54, 1.807) is 29.2 Å². The molecule has 0 saturated carbocycles. The standard InChI is InChI=1S/C25H23N5O3S/c1-15-23(18-5-2-3-6-19(18)27-15)20-14-34-25(28-20)29-21(31)13-26-24(33)16-8-10-17(11-9-16)30-12-4-7-22(30)32/h2-3,5-6,8-11,14,27H,4,7,12-13H2,1H3,(H,26,33)(H,28,29,31). The minimum Gasteiger partial charge on any atom is -0.358 e. The van der Waals surface area contributed by atoms with E-state index in [4.69, 9.17) is 0 Å². The van der Waals surface area contributed by atoms with Crippen LogP contribution in [0.5, 0.6) is 0 Å². The molecule has 9 heteroatoms. The zero-order valence-electron chi connectivity index (χ0n) is 18.6. The molecule has 34 heavy (non-hydrogen) atoms. The zero-order valence-corrected chi connectivity index (χ0v) is 19.4. The van der Waals surface area contributed by atoms with Crippen LogP contribution in [0.2, 0.25) is 0 Å². The van der Waals surface area contributed by atoms with Crippen molar-refractivity contribution in [3.63, 3.8) is 0 Å². The molecule has 5 rings (SSSR count). The Balaban J connectivity index is 1.18. The molecular formula is C25H23N5O3S. The molecule has 0 spiro atoms. The summed E-state index contributed by atoms with van der Waals surface area (Å²) in [6.07, 6.45) is 1.40. The van der Waals surface area contributed by atoms with Gasteiger partial charge in [0.05, 0.1) is 12.2 Å². The molecule has 4 aromatic rings. The molecule has 2 aromatic heterocycles. The minimum atomic E-state index is -0.358. The van der Waals surface area contributed by atoms with Crippen molar-refractivity contribution >= 4 is 50.8 Å². The van der Waals surface area contributed by atoms with E-state index < -0.39 is 0 Å². The number of thiazole rings is 1. The van der Waals surface area contributed by atoms with Gasteiger partial charge in [0.1, 0.15) is 0 Å². The number of para-hydroxylation sites is 1. The summed E-state index contributed by atoms with van der Waals surface area (Å²) in [5.74, 6) is -0.619. The third kappa shape index (κ3) is 4.29. The van der Waals surface area contributed by atoms with Gasteiger partial charge in [0.25, 0.3) is 5.91 Å². The van der Waals surface area contributed by atoms with Crippen LogP contribution in [0.15, 0.2) is 53.9 Å². The van der Waals surface area contributed by atoms with Gasteiger partial charge in [0.15, 0.2) is 5.13 Å². The van der Waals surface area contributed by atoms with Gasteiger partial charge in [-0.1, -0.05) is 18.2 Å². The van der Waals surface area contributed by atoms with Crippen molar-refractivity contribution in [2.24, 2.45) is 0 Å². The van der Waals surface area contributed by atoms with E-state index in [-0.39, 0.29) is 24.3 Å². The van der Waals surface area contributed by atoms with Crippen LogP contribution in [0.3, 0.4) is 0 Å². The third-order valence-corrected chi connectivity index (χ3v) is 6.58. The van der Waals surface area contributed by atoms with Crippen molar-refractivity contribution in [2.75, 3.05) is 23.3 Å². The molecule has 2 aromatic carbocycles. The normalized spacial score (nSPS) is 13.4. The van der Waals surface area contributed by atoms with Crippen LogP contribution in [0.1, 0.15) is 28.9 Å². The quantitative estimate of drug-likeness (QED) is 0.392. The van der Waals surface area contributed by atoms with Gasteiger partial charge >= 0.3 is 0 Å². The maximum absolute atomic E-state index is 12.4. The van der Waals surface area contributed by atoms with E-state index in [0.717, 1.165) is 40.0 Å². The molecule has 1 saturated heterocycles. The number of carbonyl (C=O) groups excluding carboxylic acids is 3. The predicted octanol–water partition coefficient (Wildman–Crippen LogP) is 4.10. The lowest BCUT2D eigenvalue weighted by Gasteiger charge is -2.15. The summed E-state index contributed by atoms with van der Waals surface area (Å²) < 4.78 is 0. The third-order valence-electron chi connectivity index (χ3n) is 5.82. The lowest BCUT2D eigenvalue weighted by atomic mass is 10.1. The lowest BCUT2D eigenvalue weighted by molar-refractivity contribution is -0.117. The van der Waals surface area contributed by atoms with Crippen molar-refractivity contribution < 1.29 is 14.4 Å². The molecule has 8 nitrogen and oxygen atoms in total. The average molecular weight is 474 g/mol. The second kappa shape index (κ2) is 9.11. The van der Waals surface area contributed by atoms with Gasteiger partial charge in [-0.25, -0.2) is 4.98 Å². The Bertz CT molecular complexity index is 1390. The topological polar surface area (TPSA) is 107 Å². The van der Waals surface area contributed by atoms with Gasteiger partial charge in [-0.2, -0.15) is 0 Å². The summed E-state index contributed by atoms with van der Waals surface area (Å²) in [4.78, 5) is 46.3. The summed E-state index contributed by atoms with van der Waals surface area (Å²) in [5, 5.41) is 8.83. The summed E-state index contributed by atoms with van der Waals surface area (Å²) in [6.45, 7) is 2.52. The first-order valence-corrected chi connectivity index (χ1v) is 11.9. The molecule has 0 atom stereocenters. The highest BCUT2D eigenvalue weighted by Gasteiger charge is 2.22. The number of anilines is 2. The Morgan fingerprint density at radius 1 is 1.15 bits per heavy atom. The van der Waals surface area contributed by atoms with Crippen molar-refractivity contribution in [1.29, 1.82) is 0 Å². The highest BCUT2D eigenvalue weighted by atomic mass is 32.1. The smallest absolute Gasteiger partial charge is 0.251 e. The summed E-state index contributed by atoms with van der Waals surface area (Å²) in [5.41, 5.74) is 5.06. The van der Waals surface area contributed by atoms with E-state index >= 15 is 0 Å². The van der Waals surface area contributed by atoms with Crippen molar-refractivity contribution in [3.05, 3.63) is 65.2 Å². The molecule has 0 aliphatic carbocycles. The van der Waals surface area contributed by atoms with Crippen molar-refractivity contribution in [1.82, 2.24) is 15.3 Å². The first kappa shape index (κ1) is 21.8. The van der Waals surface area contributed by atoms with Gasteiger partial charge in [-0.3, -0.25) is 14.4 Å². The number of fused-ring (bicyclic) bond motifs is 1. The molecule has 1 aliphatic rings. The average Bonchev–Trinajstić information content (AvgIpc) is 3.55. The van der Waals surface area contributed by atoms with E-state index in [1.165, 1.54) is 11.3 Å². The van der Waals surface area contributed by atoms with Crippen molar-refractivity contribution in [2.45, 2.75) is 19.8 Å². The molecule has 0 unspecified atom stereocenters. The Labute approximate surface area is 200 Å². The van der Waals surface area contributed by atoms with Crippen LogP contribution < -0.4 is 15.5 Å². The Kier molecular flexibility index (Phi) is 5.85. The van der Waals surface area contributed by atoms with Crippen LogP contribution in [-0.2, 0) is 9.59 Å². The van der Waals surface area contributed by atoms with Crippen LogP contribution in [0.4, 0.5) is 10.8 Å². The SMILES string of the molecule is Cc1[nH]c2ccccc2c1-c1csc(NC(=O)CNC(=O)c2ccc(N3CCCC3=O)cc2)n1. The van der Waals surface area contributed by atoms with Crippen LogP contribution in [0.25, 0.3) is 22.2 Å². The van der Waals surface area contributed by atoms with Gasteiger partial charge < -0.3 is 20.5 Å². The first-order chi connectivity index (χ1) is 16.5. The number of nitrogens with zero attached hydrogens (tertiary/aromatic N) is 2. The largest absolute Gasteiger partial charge is 0.358 e. The Morgan fingerprint density at radius 2 is 1.94 bits per heavy atom. The number of aryl methyl sites for hydroxylation is 1. The highest BCUT2D eigenvalue weighted by Crippen LogP contribution is 2.33. The number of aromatic amines is 1. The number of hydrogen-bond acceptors (Lipinski definition) is 5. The van der Waals surface area contributed by atoms with Crippen LogP contribution in [-0.4, -0.2) is 40.8 Å². The maximum Gasteiger partial charge on any atom is 0.251 e. The molecule has 172 valence electrons. The second-order valence-corrected chi connectivity index (χ2v) is 8.99. The number of H-pyrrole nitrogens is 1. The van der Waals surface area contributed by atoms with E-state index in [0.29, 0.717) is 23.7 Å². The number of carbonyl (C=O) groups is 3. The monoisotopic (exact) mass is 473 g/mol. The molecule has 0 bridgehead atoms. The summed E-state index contributed by atoms with van der Waals surface area (Å²) >= 11 is 1.34. The number of hydrogen-bond donors (Lipinski definition) is 3. The number of nitrogens with one attached hydrogen (secondary N) is 3. The number of benzene rings is 2. The second-order valence-electron chi connectivity index (χ2n) is 8.14. The summed E-state index contributed by atoms with van der Waals surface area (Å²) in [6, 6.07) is 14.8. The van der Waals surface area contributed by atoms with Gasteiger partial charge in [-0.05, 0) is 43.7 Å². The van der Waals surface area contributed by atoms with Gasteiger partial charge in [0, 0.05) is 51.8 Å². The fraction of sp³-hybridized carbons (Fsp3) is 0.200. The lowest BCUT2D eigenvalue weighted by Crippen LogP contribution is -2.32. The fourth-order valence-corrected chi connectivity index (χ4v) is 4.91. The summed E-state index contributed by atoms with van der Waals surface area (Å²) in [7, 11) is 0. The van der Waals surface area contributed by atoms with Crippen LogP contribution >= 0.6 is 11.3 Å². The van der Waals surface area contributed by atoms with Gasteiger partial charge in [0.2, 0.25) is 11.8 Å². The number of rotatable bonds is 6. The number of aromatic nitrogens is 2. The minimum absolute atomic E-state index is 0.0964. The molecular weight excluding hydrogens is 450 g/mol. The predicted molar refractivity (Wildman–Crippen MR) is 133 cm³/mol. The molecule has 3 amide bonds. The zero-order chi connectivity index (χ0) is 23.7. The molecule has 3 heterocycles. The Hall–Kier alpha value is -3.98. The van der Waals surface area contributed by atoms with Gasteiger partial charge in [-0.15, -0.1) is 11.3 Å². The highest BCUT2D eigenvalue weighted by molar-refractivity contribution is 7.14. The van der Waals surface area contributed by atoms with Crippen LogP contribution in [0, 0.1) is 6.92 Å². The van der Waals surface area contributed by atoms with E-state index in [2.05, 4.69) is 20.6 Å². The van der Waals surface area contributed by atoms with E-state index in [9.17, 15) is 14.4 Å². The Morgan fingerprint density at radius 3 is 2.71 bits per heavy atom.